The van der Waals surface area contributed by atoms with Crippen LogP contribution in [0, 0.1) is 0 Å². The van der Waals surface area contributed by atoms with Crippen molar-refractivity contribution < 1.29 is 5.11 Å². The number of hydrogen-bond acceptors (Lipinski definition) is 1. The topological polar surface area (TPSA) is 25.2 Å². The van der Waals surface area contributed by atoms with Gasteiger partial charge in [0, 0.05) is 23.5 Å². The molecule has 0 bridgehead atoms. The minimum absolute atomic E-state index is 0.256. The summed E-state index contributed by atoms with van der Waals surface area (Å²) < 4.78 is 2.35. The molecule has 2 heteroatoms. The Morgan fingerprint density at radius 1 is 1.26 bits per heavy atom. The predicted octanol–water partition coefficient (Wildman–Crippen LogP) is 3.66. The summed E-state index contributed by atoms with van der Waals surface area (Å²) in [7, 11) is 0. The monoisotopic (exact) mass is 255 g/mol. The van der Waals surface area contributed by atoms with Gasteiger partial charge in [-0.05, 0) is 44.2 Å². The Morgan fingerprint density at radius 3 is 2.84 bits per heavy atom. The zero-order valence-electron chi connectivity index (χ0n) is 11.4. The van der Waals surface area contributed by atoms with Crippen molar-refractivity contribution in [3.63, 3.8) is 0 Å². The Bertz CT molecular complexity index is 544. The van der Waals surface area contributed by atoms with Crippen molar-refractivity contribution in [2.45, 2.75) is 44.8 Å². The first kappa shape index (κ1) is 12.5. The second-order valence-electron chi connectivity index (χ2n) is 5.57. The summed E-state index contributed by atoms with van der Waals surface area (Å²) in [6.45, 7) is 2.26. The van der Waals surface area contributed by atoms with Crippen LogP contribution in [0.4, 0.5) is 0 Å². The molecule has 1 aromatic heterocycles. The number of benzene rings is 1. The molecule has 3 rings (SSSR count). The Hall–Kier alpha value is -1.54. The van der Waals surface area contributed by atoms with Gasteiger partial charge in [0.15, 0.2) is 0 Å². The molecule has 0 fully saturated rings. The normalized spacial score (nSPS) is 20.0. The van der Waals surface area contributed by atoms with Gasteiger partial charge in [0.25, 0.3) is 0 Å². The molecule has 0 aliphatic heterocycles. The molecule has 0 saturated carbocycles. The van der Waals surface area contributed by atoms with Gasteiger partial charge in [0.1, 0.15) is 0 Å². The van der Waals surface area contributed by atoms with E-state index in [9.17, 15) is 5.11 Å². The van der Waals surface area contributed by atoms with Gasteiger partial charge in [-0.25, -0.2) is 0 Å². The number of nitrogens with zero attached hydrogens (tertiary/aromatic N) is 1. The molecule has 1 aliphatic rings. The number of rotatable bonds is 3. The van der Waals surface area contributed by atoms with Gasteiger partial charge in [-0.2, -0.15) is 0 Å². The number of aliphatic hydroxyl groups excluding tert-OH is 1. The maximum atomic E-state index is 10.0. The van der Waals surface area contributed by atoms with E-state index in [0.29, 0.717) is 6.04 Å². The maximum absolute atomic E-state index is 10.0. The van der Waals surface area contributed by atoms with Gasteiger partial charge in [-0.15, -0.1) is 0 Å². The highest BCUT2D eigenvalue weighted by atomic mass is 16.3. The van der Waals surface area contributed by atoms with E-state index >= 15 is 0 Å². The zero-order valence-corrected chi connectivity index (χ0v) is 11.4. The van der Waals surface area contributed by atoms with E-state index in [1.165, 1.54) is 11.3 Å². The van der Waals surface area contributed by atoms with Crippen molar-refractivity contribution in [2.24, 2.45) is 0 Å². The third-order valence-corrected chi connectivity index (χ3v) is 4.16. The summed E-state index contributed by atoms with van der Waals surface area (Å²) in [6.07, 6.45) is 6.03. The van der Waals surface area contributed by atoms with Crippen molar-refractivity contribution >= 4 is 0 Å². The lowest BCUT2D eigenvalue weighted by Crippen LogP contribution is -2.15. The van der Waals surface area contributed by atoms with Gasteiger partial charge in [0.2, 0.25) is 0 Å². The van der Waals surface area contributed by atoms with Crippen molar-refractivity contribution in [3.05, 3.63) is 59.4 Å². The lowest BCUT2D eigenvalue weighted by Gasteiger charge is -2.23. The highest BCUT2D eigenvalue weighted by molar-refractivity contribution is 5.28. The fourth-order valence-electron chi connectivity index (χ4n) is 3.16. The van der Waals surface area contributed by atoms with Crippen molar-refractivity contribution in [1.82, 2.24) is 4.57 Å². The lowest BCUT2D eigenvalue weighted by molar-refractivity contribution is 0.155. The second-order valence-corrected chi connectivity index (χ2v) is 5.57. The van der Waals surface area contributed by atoms with Gasteiger partial charge in [-0.1, -0.05) is 30.3 Å². The molecule has 2 aromatic rings. The molecule has 0 saturated heterocycles. The third kappa shape index (κ3) is 2.45. The number of fused-ring (bicyclic) bond motifs is 1. The predicted molar refractivity (Wildman–Crippen MR) is 77.2 cm³/mol. The summed E-state index contributed by atoms with van der Waals surface area (Å²) in [5.74, 6) is 0. The van der Waals surface area contributed by atoms with Crippen LogP contribution in [0.2, 0.25) is 0 Å². The Kier molecular flexibility index (Phi) is 3.43. The molecular formula is C17H21NO. The molecule has 2 nitrogen and oxygen atoms in total. The van der Waals surface area contributed by atoms with E-state index in [1.807, 2.05) is 0 Å². The number of aromatic nitrogens is 1. The number of hydrogen-bond donors (Lipinski definition) is 1. The quantitative estimate of drug-likeness (QED) is 0.889. The van der Waals surface area contributed by atoms with E-state index in [1.54, 1.807) is 0 Å². The zero-order chi connectivity index (χ0) is 13.2. The summed E-state index contributed by atoms with van der Waals surface area (Å²) >= 11 is 0. The molecule has 1 aromatic carbocycles. The average Bonchev–Trinajstić information content (AvgIpc) is 2.85. The standard InChI is InChI=1S/C17H21NO/c1-13(12-14-6-3-2-4-7-14)18-11-10-15-16(18)8-5-9-17(15)19/h2-4,6-7,10-11,13,17,19H,5,8-9,12H2,1H3. The molecule has 1 N–H and O–H groups in total. The van der Waals surface area contributed by atoms with Crippen LogP contribution in [0.25, 0.3) is 0 Å². The maximum Gasteiger partial charge on any atom is 0.0807 e. The number of aliphatic hydroxyl groups is 1. The smallest absolute Gasteiger partial charge is 0.0807 e. The fourth-order valence-corrected chi connectivity index (χ4v) is 3.16. The molecule has 19 heavy (non-hydrogen) atoms. The molecule has 100 valence electrons. The van der Waals surface area contributed by atoms with Gasteiger partial charge in [-0.3, -0.25) is 0 Å². The fraction of sp³-hybridized carbons (Fsp3) is 0.412. The van der Waals surface area contributed by atoms with Crippen molar-refractivity contribution in [1.29, 1.82) is 0 Å². The van der Waals surface area contributed by atoms with Crippen LogP contribution >= 0.6 is 0 Å². The average molecular weight is 255 g/mol. The van der Waals surface area contributed by atoms with E-state index < -0.39 is 0 Å². The van der Waals surface area contributed by atoms with Crippen LogP contribution in [0.1, 0.15) is 48.7 Å². The first-order valence-corrected chi connectivity index (χ1v) is 7.17. The summed E-state index contributed by atoms with van der Waals surface area (Å²) in [5, 5.41) is 10.0. The molecule has 2 atom stereocenters. The van der Waals surface area contributed by atoms with Crippen LogP contribution in [-0.2, 0) is 12.8 Å². The summed E-state index contributed by atoms with van der Waals surface area (Å²) in [4.78, 5) is 0. The van der Waals surface area contributed by atoms with Gasteiger partial charge >= 0.3 is 0 Å². The van der Waals surface area contributed by atoms with Crippen LogP contribution in [0.3, 0.4) is 0 Å². The first-order chi connectivity index (χ1) is 9.25. The van der Waals surface area contributed by atoms with E-state index in [2.05, 4.69) is 54.1 Å². The molecule has 0 spiro atoms. The minimum Gasteiger partial charge on any atom is -0.388 e. The summed E-state index contributed by atoms with van der Waals surface area (Å²) in [6, 6.07) is 13.1. The summed E-state index contributed by atoms with van der Waals surface area (Å²) in [5.41, 5.74) is 3.85. The largest absolute Gasteiger partial charge is 0.388 e. The molecule has 0 radical (unpaired) electrons. The van der Waals surface area contributed by atoms with Gasteiger partial charge < -0.3 is 9.67 Å². The Morgan fingerprint density at radius 2 is 2.05 bits per heavy atom. The van der Waals surface area contributed by atoms with E-state index in [4.69, 9.17) is 0 Å². The van der Waals surface area contributed by atoms with Crippen LogP contribution in [0.5, 0.6) is 0 Å². The molecule has 1 heterocycles. The van der Waals surface area contributed by atoms with Crippen molar-refractivity contribution in [2.75, 3.05) is 0 Å². The Labute approximate surface area is 114 Å². The molecule has 2 unspecified atom stereocenters. The molecule has 0 amide bonds. The SMILES string of the molecule is CC(Cc1ccccc1)n1ccc2c1CCCC2O. The Balaban J connectivity index is 1.83. The third-order valence-electron chi connectivity index (χ3n) is 4.16. The van der Waals surface area contributed by atoms with Crippen LogP contribution in [-0.4, -0.2) is 9.67 Å². The van der Waals surface area contributed by atoms with Crippen LogP contribution < -0.4 is 0 Å². The highest BCUT2D eigenvalue weighted by Crippen LogP contribution is 2.32. The van der Waals surface area contributed by atoms with Crippen LogP contribution in [0.15, 0.2) is 42.6 Å². The molecule has 1 aliphatic carbocycles. The molecular weight excluding hydrogens is 234 g/mol. The van der Waals surface area contributed by atoms with Gasteiger partial charge in [0.05, 0.1) is 6.10 Å². The first-order valence-electron chi connectivity index (χ1n) is 7.17. The minimum atomic E-state index is -0.256. The van der Waals surface area contributed by atoms with Crippen molar-refractivity contribution in [3.8, 4) is 0 Å². The lowest BCUT2D eigenvalue weighted by atomic mass is 9.95. The van der Waals surface area contributed by atoms with E-state index in [-0.39, 0.29) is 6.10 Å². The second kappa shape index (κ2) is 5.22. The van der Waals surface area contributed by atoms with E-state index in [0.717, 1.165) is 31.2 Å². The highest BCUT2D eigenvalue weighted by Gasteiger charge is 2.22.